The fourth-order valence-corrected chi connectivity index (χ4v) is 3.23. The molecule has 3 N–H and O–H groups in total. The summed E-state index contributed by atoms with van der Waals surface area (Å²) in [5, 5.41) is 12.6. The van der Waals surface area contributed by atoms with E-state index in [2.05, 4.69) is 35.8 Å². The van der Waals surface area contributed by atoms with Gasteiger partial charge in [-0.2, -0.15) is 26.9 Å². The van der Waals surface area contributed by atoms with Crippen molar-refractivity contribution in [3.63, 3.8) is 0 Å². The number of rotatable bonds is 4. The number of aromatic nitrogens is 4. The fraction of sp³-hybridized carbons (Fsp3) is 0.150. The summed E-state index contributed by atoms with van der Waals surface area (Å²) in [6.45, 7) is -0.661. The van der Waals surface area contributed by atoms with Gasteiger partial charge in [-0.15, -0.1) is 5.10 Å². The minimum Gasteiger partial charge on any atom is -0.429 e. The molecule has 0 amide bonds. The predicted molar refractivity (Wildman–Crippen MR) is 109 cm³/mol. The lowest BCUT2D eigenvalue weighted by Gasteiger charge is -2.26. The molecule has 2 aromatic heterocycles. The monoisotopic (exact) mass is 463 g/mol. The molecular formula is C20H14F5N7O. The molecule has 0 saturated carbocycles. The van der Waals surface area contributed by atoms with Gasteiger partial charge in [0.25, 0.3) is 0 Å². The SMILES string of the molecule is FC1(F)CNc2cc(Nc3nccn4nc(Nc5cccc(C(F)(F)F)c5)nc34)ccc2O1. The summed E-state index contributed by atoms with van der Waals surface area (Å²) in [6.07, 6.45) is -4.79. The molecule has 0 bridgehead atoms. The number of nitrogens with one attached hydrogen (secondary N) is 3. The first-order valence-electron chi connectivity index (χ1n) is 9.54. The van der Waals surface area contributed by atoms with Crippen molar-refractivity contribution in [2.24, 2.45) is 0 Å². The molecule has 1 aliphatic rings. The van der Waals surface area contributed by atoms with E-state index in [1.165, 1.54) is 41.2 Å². The van der Waals surface area contributed by atoms with Crippen molar-refractivity contribution in [1.82, 2.24) is 19.6 Å². The van der Waals surface area contributed by atoms with Crippen LogP contribution in [0.3, 0.4) is 0 Å². The zero-order valence-electron chi connectivity index (χ0n) is 16.5. The zero-order chi connectivity index (χ0) is 23.2. The summed E-state index contributed by atoms with van der Waals surface area (Å²) in [5.74, 6) is 0.371. The van der Waals surface area contributed by atoms with Crippen molar-refractivity contribution in [3.8, 4) is 5.75 Å². The molecule has 2 aromatic carbocycles. The first kappa shape index (κ1) is 20.7. The molecule has 1 aliphatic heterocycles. The summed E-state index contributed by atoms with van der Waals surface area (Å²) in [5.41, 5.74) is 0.557. The molecule has 8 nitrogen and oxygen atoms in total. The number of halogens is 5. The topological polar surface area (TPSA) is 88.4 Å². The zero-order valence-corrected chi connectivity index (χ0v) is 16.5. The quantitative estimate of drug-likeness (QED) is 0.366. The standard InChI is InChI=1S/C20H14F5N7O/c21-19(22)10-27-14-9-13(4-5-15(14)33-19)28-16-17-30-18(31-32(17)7-6-26-16)29-12-3-1-2-11(8-12)20(23,24)25/h1-9,27H,10H2,(H,26,28)(H,29,31). The Hall–Kier alpha value is -4.16. The van der Waals surface area contributed by atoms with Gasteiger partial charge in [0.2, 0.25) is 11.6 Å². The largest absolute Gasteiger partial charge is 0.429 e. The maximum atomic E-state index is 13.4. The number of fused-ring (bicyclic) bond motifs is 2. The second kappa shape index (κ2) is 7.46. The molecule has 4 aromatic rings. The van der Waals surface area contributed by atoms with Gasteiger partial charge in [0.15, 0.2) is 5.82 Å². The van der Waals surface area contributed by atoms with Gasteiger partial charge >= 0.3 is 12.3 Å². The van der Waals surface area contributed by atoms with E-state index in [9.17, 15) is 22.0 Å². The van der Waals surface area contributed by atoms with E-state index in [1.54, 1.807) is 6.07 Å². The van der Waals surface area contributed by atoms with Crippen LogP contribution in [-0.2, 0) is 6.18 Å². The Morgan fingerprint density at radius 2 is 1.88 bits per heavy atom. The van der Waals surface area contributed by atoms with E-state index in [1.807, 2.05) is 0 Å². The minimum absolute atomic E-state index is 0.0121. The van der Waals surface area contributed by atoms with Gasteiger partial charge in [0.1, 0.15) is 12.3 Å². The second-order valence-corrected chi connectivity index (χ2v) is 7.11. The average molecular weight is 463 g/mol. The van der Waals surface area contributed by atoms with Crippen LogP contribution in [0, 0.1) is 0 Å². The minimum atomic E-state index is -4.48. The molecule has 5 rings (SSSR count). The summed E-state index contributed by atoms with van der Waals surface area (Å²) in [4.78, 5) is 8.52. The molecule has 0 radical (unpaired) electrons. The Morgan fingerprint density at radius 1 is 1.06 bits per heavy atom. The highest BCUT2D eigenvalue weighted by molar-refractivity contribution is 5.74. The summed E-state index contributed by atoms with van der Waals surface area (Å²) >= 11 is 0. The summed E-state index contributed by atoms with van der Waals surface area (Å²) in [6, 6.07) is 9.16. The Kier molecular flexibility index (Phi) is 4.69. The van der Waals surface area contributed by atoms with Gasteiger partial charge in [-0.05, 0) is 36.4 Å². The molecule has 0 aliphatic carbocycles. The highest BCUT2D eigenvalue weighted by atomic mass is 19.4. The molecule has 0 atom stereocenters. The number of benzene rings is 2. The third-order valence-corrected chi connectivity index (χ3v) is 4.69. The third-order valence-electron chi connectivity index (χ3n) is 4.69. The van der Waals surface area contributed by atoms with Gasteiger partial charge in [-0.1, -0.05) is 6.07 Å². The molecule has 33 heavy (non-hydrogen) atoms. The van der Waals surface area contributed by atoms with Crippen LogP contribution in [0.1, 0.15) is 5.56 Å². The molecule has 0 saturated heterocycles. The van der Waals surface area contributed by atoms with E-state index < -0.39 is 24.4 Å². The van der Waals surface area contributed by atoms with Crippen molar-refractivity contribution in [1.29, 1.82) is 0 Å². The lowest BCUT2D eigenvalue weighted by molar-refractivity contribution is -0.166. The Balaban J connectivity index is 1.40. The lowest BCUT2D eigenvalue weighted by Crippen LogP contribution is -2.37. The first-order valence-corrected chi connectivity index (χ1v) is 9.54. The maximum Gasteiger partial charge on any atom is 0.416 e. The number of ether oxygens (including phenoxy) is 1. The molecular weight excluding hydrogens is 449 g/mol. The molecule has 0 spiro atoms. The van der Waals surface area contributed by atoms with Crippen molar-refractivity contribution < 1.29 is 26.7 Å². The predicted octanol–water partition coefficient (Wildman–Crippen LogP) is 5.03. The maximum absolute atomic E-state index is 13.4. The number of nitrogens with zero attached hydrogens (tertiary/aromatic N) is 4. The normalized spacial score (nSPS) is 14.8. The van der Waals surface area contributed by atoms with Gasteiger partial charge in [0.05, 0.1) is 11.3 Å². The number of hydrogen-bond acceptors (Lipinski definition) is 7. The van der Waals surface area contributed by atoms with E-state index in [0.29, 0.717) is 22.8 Å². The molecule has 3 heterocycles. The average Bonchev–Trinajstić information content (AvgIpc) is 3.16. The van der Waals surface area contributed by atoms with E-state index in [4.69, 9.17) is 0 Å². The number of anilines is 5. The highest BCUT2D eigenvalue weighted by Crippen LogP contribution is 2.37. The summed E-state index contributed by atoms with van der Waals surface area (Å²) in [7, 11) is 0. The lowest BCUT2D eigenvalue weighted by atomic mass is 10.2. The Morgan fingerprint density at radius 3 is 2.70 bits per heavy atom. The van der Waals surface area contributed by atoms with Crippen molar-refractivity contribution in [3.05, 3.63) is 60.4 Å². The van der Waals surface area contributed by atoms with Crippen LogP contribution in [0.2, 0.25) is 0 Å². The van der Waals surface area contributed by atoms with Crippen LogP contribution in [0.15, 0.2) is 54.9 Å². The van der Waals surface area contributed by atoms with E-state index >= 15 is 0 Å². The van der Waals surface area contributed by atoms with Gasteiger partial charge < -0.3 is 20.7 Å². The van der Waals surface area contributed by atoms with Crippen molar-refractivity contribution in [2.75, 3.05) is 22.5 Å². The number of hydrogen-bond donors (Lipinski definition) is 3. The Labute approximate surface area is 182 Å². The van der Waals surface area contributed by atoms with Crippen molar-refractivity contribution >= 4 is 34.5 Å². The van der Waals surface area contributed by atoms with Gasteiger partial charge in [-0.25, -0.2) is 9.50 Å². The molecule has 13 heteroatoms. The van der Waals surface area contributed by atoms with Gasteiger partial charge in [0, 0.05) is 23.8 Å². The molecule has 0 unspecified atom stereocenters. The molecule has 0 fully saturated rings. The van der Waals surface area contributed by atoms with Crippen LogP contribution in [-0.4, -0.2) is 32.2 Å². The van der Waals surface area contributed by atoms with Crippen LogP contribution in [0.5, 0.6) is 5.75 Å². The second-order valence-electron chi connectivity index (χ2n) is 7.11. The first-order chi connectivity index (χ1) is 15.7. The smallest absolute Gasteiger partial charge is 0.416 e. The Bertz CT molecular complexity index is 1340. The fourth-order valence-electron chi connectivity index (χ4n) is 3.23. The van der Waals surface area contributed by atoms with Crippen LogP contribution >= 0.6 is 0 Å². The van der Waals surface area contributed by atoms with Crippen molar-refractivity contribution in [2.45, 2.75) is 12.3 Å². The van der Waals surface area contributed by atoms with E-state index in [-0.39, 0.29) is 17.4 Å². The highest BCUT2D eigenvalue weighted by Gasteiger charge is 2.36. The van der Waals surface area contributed by atoms with E-state index in [0.717, 1.165) is 12.1 Å². The molecule has 170 valence electrons. The van der Waals surface area contributed by atoms with Crippen LogP contribution in [0.25, 0.3) is 5.65 Å². The third kappa shape index (κ3) is 4.29. The number of alkyl halides is 5. The summed E-state index contributed by atoms with van der Waals surface area (Å²) < 4.78 is 71.6. The van der Waals surface area contributed by atoms with Crippen LogP contribution in [0.4, 0.5) is 50.8 Å². The van der Waals surface area contributed by atoms with Crippen LogP contribution < -0.4 is 20.7 Å². The van der Waals surface area contributed by atoms with Gasteiger partial charge in [-0.3, -0.25) is 0 Å².